The zero-order chi connectivity index (χ0) is 50.5. The molecule has 3 heterocycles. The predicted octanol–water partition coefficient (Wildman–Crippen LogP) is 18.9. The summed E-state index contributed by atoms with van der Waals surface area (Å²) in [5.74, 6) is 1.84. The molecule has 0 fully saturated rings. The van der Waals surface area contributed by atoms with E-state index in [9.17, 15) is 0 Å². The van der Waals surface area contributed by atoms with Crippen molar-refractivity contribution in [1.29, 1.82) is 0 Å². The maximum absolute atomic E-state index is 5.31. The molecule has 3 aromatic heterocycles. The summed E-state index contributed by atoms with van der Waals surface area (Å²) in [6.45, 7) is 4.69. The Labute approximate surface area is 444 Å². The van der Waals surface area contributed by atoms with Crippen LogP contribution in [-0.2, 0) is 5.41 Å². The average Bonchev–Trinajstić information content (AvgIpc) is 4.23. The van der Waals surface area contributed by atoms with Gasteiger partial charge in [0.25, 0.3) is 0 Å². The topological polar surface area (TPSA) is 46.8 Å². The van der Waals surface area contributed by atoms with E-state index in [4.69, 9.17) is 15.0 Å². The summed E-state index contributed by atoms with van der Waals surface area (Å²) >= 11 is 1.85. The van der Waals surface area contributed by atoms with Crippen LogP contribution >= 0.6 is 11.3 Å². The fourth-order valence-corrected chi connectivity index (χ4v) is 12.9. The summed E-state index contributed by atoms with van der Waals surface area (Å²) in [4.78, 5) is 18.1. The zero-order valence-corrected chi connectivity index (χ0v) is 42.6. The van der Waals surface area contributed by atoms with E-state index in [0.29, 0.717) is 17.6 Å². The standard InChI is InChI=1S/C70H47N5S/c1-70(2)60-30-15-14-29-54(60)55-42-57-56-39-49(32-35-63(56)75(64(57)43-61(55)70)69-72-67(46-21-8-4-9-22-46)71-68(73-69)47-23-10-5-11-24-47)50-33-36-65-58(40-50)59-41-52(34-37-66(59)76-65)74(62-31-17-25-45-20-12-13-28-53(45)62)51-27-16-26-48(38-51)44-18-6-3-7-19-44/h3-43H,1-2H3. The van der Waals surface area contributed by atoms with E-state index in [2.05, 4.69) is 236 Å². The van der Waals surface area contributed by atoms with Gasteiger partial charge in [0.15, 0.2) is 11.6 Å². The molecule has 0 saturated carbocycles. The Bertz CT molecular complexity index is 4550. The fraction of sp³-hybridized carbons (Fsp3) is 0.0429. The number of nitrogens with zero attached hydrogens (tertiary/aromatic N) is 5. The minimum Gasteiger partial charge on any atom is -0.310 e. The first-order valence-electron chi connectivity index (χ1n) is 25.9. The Morgan fingerprint density at radius 3 is 1.70 bits per heavy atom. The van der Waals surface area contributed by atoms with Crippen molar-refractivity contribution in [2.24, 2.45) is 0 Å². The van der Waals surface area contributed by atoms with Crippen LogP contribution in [-0.4, -0.2) is 19.5 Å². The van der Waals surface area contributed by atoms with Gasteiger partial charge in [0, 0.05) is 64.2 Å². The predicted molar refractivity (Wildman–Crippen MR) is 319 cm³/mol. The van der Waals surface area contributed by atoms with E-state index in [1.807, 2.05) is 47.7 Å². The second kappa shape index (κ2) is 17.3. The quantitative estimate of drug-likeness (QED) is 0.152. The van der Waals surface area contributed by atoms with Gasteiger partial charge in [0.2, 0.25) is 5.95 Å². The summed E-state index contributed by atoms with van der Waals surface area (Å²) in [6, 6.07) is 90.0. The maximum atomic E-state index is 5.31. The Morgan fingerprint density at radius 1 is 0.368 bits per heavy atom. The van der Waals surface area contributed by atoms with Crippen molar-refractivity contribution in [3.63, 3.8) is 0 Å². The van der Waals surface area contributed by atoms with Crippen LogP contribution < -0.4 is 4.90 Å². The van der Waals surface area contributed by atoms with Gasteiger partial charge in [-0.25, -0.2) is 4.98 Å². The summed E-state index contributed by atoms with van der Waals surface area (Å²) < 4.78 is 4.78. The van der Waals surface area contributed by atoms with E-state index in [-0.39, 0.29) is 5.41 Å². The highest BCUT2D eigenvalue weighted by Gasteiger charge is 2.36. The highest BCUT2D eigenvalue weighted by molar-refractivity contribution is 7.25. The minimum absolute atomic E-state index is 0.202. The van der Waals surface area contributed by atoms with Crippen LogP contribution in [0.2, 0.25) is 0 Å². The van der Waals surface area contributed by atoms with Crippen molar-refractivity contribution >= 4 is 81.1 Å². The molecular weight excluding hydrogens is 943 g/mol. The Balaban J connectivity index is 0.919. The number of hydrogen-bond donors (Lipinski definition) is 0. The lowest BCUT2D eigenvalue weighted by Crippen LogP contribution is -2.15. The molecule has 0 amide bonds. The summed E-state index contributed by atoms with van der Waals surface area (Å²) in [5, 5.41) is 7.17. The third-order valence-corrected chi connectivity index (χ3v) is 16.8. The molecule has 0 saturated heterocycles. The molecule has 0 N–H and O–H groups in total. The van der Waals surface area contributed by atoms with Gasteiger partial charge in [-0.2, -0.15) is 9.97 Å². The van der Waals surface area contributed by atoms with E-state index in [1.165, 1.54) is 64.3 Å². The molecule has 11 aromatic carbocycles. The molecule has 5 nitrogen and oxygen atoms in total. The SMILES string of the molecule is CC1(C)c2ccccc2-c2cc3c4cc(-c5ccc6sc7ccc(N(c8cccc(-c9ccccc9)c8)c8cccc9ccccc89)cc7c6c5)ccc4n(-c4nc(-c5ccccc5)nc(-c5ccccc5)n4)c3cc21. The van der Waals surface area contributed by atoms with Gasteiger partial charge in [-0.1, -0.05) is 190 Å². The molecule has 6 heteroatoms. The van der Waals surface area contributed by atoms with E-state index < -0.39 is 0 Å². The lowest BCUT2D eigenvalue weighted by Gasteiger charge is -2.27. The molecule has 0 spiro atoms. The Kier molecular flexibility index (Phi) is 10.0. The molecule has 0 atom stereocenters. The van der Waals surface area contributed by atoms with Crippen molar-refractivity contribution < 1.29 is 0 Å². The molecule has 0 bridgehead atoms. The number of thiophene rings is 1. The van der Waals surface area contributed by atoms with Crippen LogP contribution in [0.3, 0.4) is 0 Å². The Morgan fingerprint density at radius 2 is 0.934 bits per heavy atom. The van der Waals surface area contributed by atoms with Gasteiger partial charge in [0.05, 0.1) is 16.7 Å². The van der Waals surface area contributed by atoms with Gasteiger partial charge >= 0.3 is 0 Å². The first-order valence-corrected chi connectivity index (χ1v) is 26.7. The third-order valence-electron chi connectivity index (χ3n) is 15.6. The largest absolute Gasteiger partial charge is 0.310 e. The summed E-state index contributed by atoms with van der Waals surface area (Å²) in [6.07, 6.45) is 0. The lowest BCUT2D eigenvalue weighted by molar-refractivity contribution is 0.661. The van der Waals surface area contributed by atoms with E-state index in [0.717, 1.165) is 61.1 Å². The van der Waals surface area contributed by atoms with Crippen LogP contribution in [0.15, 0.2) is 249 Å². The van der Waals surface area contributed by atoms with Crippen LogP contribution in [0.25, 0.3) is 115 Å². The molecule has 14 aromatic rings. The van der Waals surface area contributed by atoms with Crippen LogP contribution in [0.5, 0.6) is 0 Å². The smallest absolute Gasteiger partial charge is 0.238 e. The molecular formula is C70H47N5S. The molecule has 0 aliphatic heterocycles. The molecule has 76 heavy (non-hydrogen) atoms. The number of benzene rings is 11. The molecule has 1 aliphatic rings. The van der Waals surface area contributed by atoms with Crippen molar-refractivity contribution in [2.45, 2.75) is 19.3 Å². The first-order chi connectivity index (χ1) is 37.4. The number of aromatic nitrogens is 4. The van der Waals surface area contributed by atoms with Crippen LogP contribution in [0.1, 0.15) is 25.0 Å². The minimum atomic E-state index is -0.202. The molecule has 358 valence electrons. The summed E-state index contributed by atoms with van der Waals surface area (Å²) in [5.41, 5.74) is 17.0. The Hall–Kier alpha value is -9.49. The monoisotopic (exact) mass is 989 g/mol. The molecule has 0 radical (unpaired) electrons. The highest BCUT2D eigenvalue weighted by Crippen LogP contribution is 2.52. The third kappa shape index (κ3) is 7.09. The molecule has 15 rings (SSSR count). The van der Waals surface area contributed by atoms with Crippen LogP contribution in [0, 0.1) is 0 Å². The van der Waals surface area contributed by atoms with Crippen molar-refractivity contribution in [2.75, 3.05) is 4.90 Å². The van der Waals surface area contributed by atoms with Gasteiger partial charge < -0.3 is 4.90 Å². The first kappa shape index (κ1) is 44.0. The maximum Gasteiger partial charge on any atom is 0.238 e. The van der Waals surface area contributed by atoms with E-state index >= 15 is 0 Å². The van der Waals surface area contributed by atoms with Gasteiger partial charge in [-0.05, 0) is 123 Å². The van der Waals surface area contributed by atoms with Gasteiger partial charge in [-0.15, -0.1) is 11.3 Å². The second-order valence-electron chi connectivity index (χ2n) is 20.4. The number of anilines is 3. The van der Waals surface area contributed by atoms with Crippen molar-refractivity contribution in [3.8, 4) is 62.1 Å². The number of hydrogen-bond acceptors (Lipinski definition) is 5. The zero-order valence-electron chi connectivity index (χ0n) is 41.8. The van der Waals surface area contributed by atoms with Crippen molar-refractivity contribution in [1.82, 2.24) is 19.5 Å². The van der Waals surface area contributed by atoms with Gasteiger partial charge in [-0.3, -0.25) is 4.57 Å². The van der Waals surface area contributed by atoms with Crippen molar-refractivity contribution in [3.05, 3.63) is 260 Å². The summed E-state index contributed by atoms with van der Waals surface area (Å²) in [7, 11) is 0. The van der Waals surface area contributed by atoms with E-state index in [1.54, 1.807) is 0 Å². The average molecular weight is 990 g/mol. The second-order valence-corrected chi connectivity index (χ2v) is 21.5. The highest BCUT2D eigenvalue weighted by atomic mass is 32.1. The number of fused-ring (bicyclic) bond motifs is 10. The van der Waals surface area contributed by atoms with Gasteiger partial charge in [0.1, 0.15) is 0 Å². The number of rotatable bonds is 8. The fourth-order valence-electron chi connectivity index (χ4n) is 11.9. The molecule has 0 unspecified atom stereocenters. The van der Waals surface area contributed by atoms with Crippen LogP contribution in [0.4, 0.5) is 17.1 Å². The molecule has 1 aliphatic carbocycles. The normalized spacial score (nSPS) is 12.7. The lowest BCUT2D eigenvalue weighted by atomic mass is 9.82.